The predicted octanol–water partition coefficient (Wildman–Crippen LogP) is 10.6. The second-order valence-electron chi connectivity index (χ2n) is 11.3. The summed E-state index contributed by atoms with van der Waals surface area (Å²) in [4.78, 5) is 5.32. The number of pyridine rings is 1. The van der Waals surface area contributed by atoms with Crippen molar-refractivity contribution in [3.63, 3.8) is 0 Å². The highest BCUT2D eigenvalue weighted by Gasteiger charge is 2.16. The van der Waals surface area contributed by atoms with Crippen LogP contribution in [0.2, 0.25) is 0 Å². The Morgan fingerprint density at radius 1 is 0.341 bits per heavy atom. The van der Waals surface area contributed by atoms with Crippen molar-refractivity contribution in [2.75, 3.05) is 0 Å². The van der Waals surface area contributed by atoms with Gasteiger partial charge in [0.25, 0.3) is 0 Å². The second kappa shape index (κ2) is 9.82. The van der Waals surface area contributed by atoms with E-state index in [-0.39, 0.29) is 0 Å². The van der Waals surface area contributed by atoms with Gasteiger partial charge in [-0.05, 0) is 65.7 Å². The van der Waals surface area contributed by atoms with Gasteiger partial charge in [0.05, 0.1) is 27.8 Å². The smallest absolute Gasteiger partial charge is 0.138 e. The molecule has 9 rings (SSSR count). The number of hydrogen-bond acceptors (Lipinski definition) is 1. The molecule has 0 radical (unpaired) electrons. The molecule has 0 saturated heterocycles. The van der Waals surface area contributed by atoms with Crippen LogP contribution in [0.5, 0.6) is 0 Å². The quantitative estimate of drug-likeness (QED) is 0.210. The van der Waals surface area contributed by atoms with Gasteiger partial charge in [-0.2, -0.15) is 0 Å². The third kappa shape index (κ3) is 3.80. The first-order valence-electron chi connectivity index (χ1n) is 15.0. The van der Waals surface area contributed by atoms with Crippen molar-refractivity contribution >= 4 is 43.6 Å². The molecule has 0 aliphatic carbocycles. The third-order valence-electron chi connectivity index (χ3n) is 8.70. The molecule has 6 aromatic carbocycles. The highest BCUT2D eigenvalue weighted by molar-refractivity contribution is 6.10. The summed E-state index contributed by atoms with van der Waals surface area (Å²) in [6.45, 7) is 0. The number of rotatable bonds is 4. The minimum absolute atomic E-state index is 0.906. The third-order valence-corrected chi connectivity index (χ3v) is 8.70. The van der Waals surface area contributed by atoms with Crippen LogP contribution < -0.4 is 0 Å². The zero-order chi connectivity index (χ0) is 29.0. The van der Waals surface area contributed by atoms with Gasteiger partial charge in [-0.3, -0.25) is 4.57 Å². The maximum atomic E-state index is 5.32. The Morgan fingerprint density at radius 2 is 0.818 bits per heavy atom. The maximum absolute atomic E-state index is 5.32. The van der Waals surface area contributed by atoms with Crippen LogP contribution in [0.3, 0.4) is 0 Å². The minimum Gasteiger partial charge on any atom is -0.309 e. The SMILES string of the molecule is c1ccc(-c2cc(-c3cccc(-n4c5ccccc5c5ccccc54)n3)cc(-n3c4ccccc4c4ccccc43)c2)cc1. The zero-order valence-corrected chi connectivity index (χ0v) is 23.9. The Balaban J connectivity index is 1.30. The summed E-state index contributed by atoms with van der Waals surface area (Å²) in [5.41, 5.74) is 10.1. The lowest BCUT2D eigenvalue weighted by atomic mass is 10.00. The van der Waals surface area contributed by atoms with Gasteiger partial charge in [0.1, 0.15) is 5.82 Å². The van der Waals surface area contributed by atoms with Crippen molar-refractivity contribution in [2.45, 2.75) is 0 Å². The lowest BCUT2D eigenvalue weighted by molar-refractivity contribution is 1.08. The van der Waals surface area contributed by atoms with E-state index in [4.69, 9.17) is 4.98 Å². The van der Waals surface area contributed by atoms with Gasteiger partial charge in [-0.25, -0.2) is 4.98 Å². The number of para-hydroxylation sites is 4. The summed E-state index contributed by atoms with van der Waals surface area (Å²) in [7, 11) is 0. The summed E-state index contributed by atoms with van der Waals surface area (Å²) in [6.07, 6.45) is 0. The van der Waals surface area contributed by atoms with Crippen LogP contribution in [0.25, 0.3) is 77.5 Å². The normalized spacial score (nSPS) is 11.6. The molecule has 0 N–H and O–H groups in total. The van der Waals surface area contributed by atoms with Crippen molar-refractivity contribution < 1.29 is 0 Å². The van der Waals surface area contributed by atoms with Gasteiger partial charge in [0.2, 0.25) is 0 Å². The molecule has 0 atom stereocenters. The van der Waals surface area contributed by atoms with Crippen molar-refractivity contribution in [1.29, 1.82) is 0 Å². The van der Waals surface area contributed by atoms with Crippen molar-refractivity contribution in [3.8, 4) is 33.9 Å². The standard InChI is InChI=1S/C41H27N3/c1-2-13-28(14-3-1)29-25-30(27-31(26-29)43-37-20-8-4-15-32(37)33-16-5-9-21-38(33)43)36-19-12-24-41(42-36)44-39-22-10-6-17-34(39)35-18-7-11-23-40(35)44/h1-27H. The number of aromatic nitrogens is 3. The molecular formula is C41H27N3. The fourth-order valence-corrected chi connectivity index (χ4v) is 6.76. The molecule has 44 heavy (non-hydrogen) atoms. The van der Waals surface area contributed by atoms with Crippen molar-refractivity contribution in [2.24, 2.45) is 0 Å². The molecule has 0 bridgehead atoms. The van der Waals surface area contributed by atoms with E-state index in [0.717, 1.165) is 39.4 Å². The van der Waals surface area contributed by atoms with Crippen LogP contribution in [0.4, 0.5) is 0 Å². The molecule has 0 amide bonds. The summed E-state index contributed by atoms with van der Waals surface area (Å²) in [5.74, 6) is 0.906. The molecule has 206 valence electrons. The Bertz CT molecular complexity index is 2390. The molecule has 0 aliphatic rings. The molecule has 0 saturated carbocycles. The van der Waals surface area contributed by atoms with E-state index in [9.17, 15) is 0 Å². The van der Waals surface area contributed by atoms with Crippen LogP contribution in [0.1, 0.15) is 0 Å². The molecule has 9 aromatic rings. The van der Waals surface area contributed by atoms with Gasteiger partial charge in [0, 0.05) is 32.8 Å². The van der Waals surface area contributed by atoms with Gasteiger partial charge in [0.15, 0.2) is 0 Å². The average molecular weight is 562 g/mol. The number of hydrogen-bond donors (Lipinski definition) is 0. The van der Waals surface area contributed by atoms with E-state index in [2.05, 4.69) is 173 Å². The minimum atomic E-state index is 0.906. The van der Waals surface area contributed by atoms with Gasteiger partial charge < -0.3 is 4.57 Å². The first kappa shape index (κ1) is 24.6. The number of nitrogens with zero attached hydrogens (tertiary/aromatic N) is 3. The van der Waals surface area contributed by atoms with Gasteiger partial charge >= 0.3 is 0 Å². The topological polar surface area (TPSA) is 22.8 Å². The second-order valence-corrected chi connectivity index (χ2v) is 11.3. The maximum Gasteiger partial charge on any atom is 0.138 e. The van der Waals surface area contributed by atoms with Gasteiger partial charge in [-0.1, -0.05) is 109 Å². The molecule has 0 spiro atoms. The molecule has 3 nitrogen and oxygen atoms in total. The van der Waals surface area contributed by atoms with Crippen LogP contribution in [-0.4, -0.2) is 14.1 Å². The summed E-state index contributed by atoms with van der Waals surface area (Å²) < 4.78 is 4.67. The fourth-order valence-electron chi connectivity index (χ4n) is 6.76. The van der Waals surface area contributed by atoms with Crippen molar-refractivity contribution in [1.82, 2.24) is 14.1 Å². The van der Waals surface area contributed by atoms with E-state index in [0.29, 0.717) is 0 Å². The van der Waals surface area contributed by atoms with E-state index in [1.165, 1.54) is 38.1 Å². The summed E-state index contributed by atoms with van der Waals surface area (Å²) in [6, 6.07) is 58.3. The van der Waals surface area contributed by atoms with E-state index in [1.807, 2.05) is 0 Å². The average Bonchev–Trinajstić information content (AvgIpc) is 3.62. The van der Waals surface area contributed by atoms with Gasteiger partial charge in [-0.15, -0.1) is 0 Å². The molecule has 3 aromatic heterocycles. The molecular weight excluding hydrogens is 534 g/mol. The lowest BCUT2D eigenvalue weighted by Gasteiger charge is -2.14. The number of fused-ring (bicyclic) bond motifs is 6. The summed E-state index contributed by atoms with van der Waals surface area (Å²) >= 11 is 0. The summed E-state index contributed by atoms with van der Waals surface area (Å²) in [5, 5.41) is 4.97. The fraction of sp³-hybridized carbons (Fsp3) is 0. The number of benzene rings is 6. The first-order chi connectivity index (χ1) is 21.8. The first-order valence-corrected chi connectivity index (χ1v) is 15.0. The molecule has 3 heterocycles. The Hall–Kier alpha value is -5.93. The van der Waals surface area contributed by atoms with Crippen LogP contribution in [0, 0.1) is 0 Å². The Labute approximate surface area is 254 Å². The molecule has 3 heteroatoms. The molecule has 0 fully saturated rings. The zero-order valence-electron chi connectivity index (χ0n) is 23.9. The highest BCUT2D eigenvalue weighted by atomic mass is 15.1. The monoisotopic (exact) mass is 561 g/mol. The largest absolute Gasteiger partial charge is 0.309 e. The van der Waals surface area contributed by atoms with E-state index in [1.54, 1.807) is 0 Å². The van der Waals surface area contributed by atoms with Crippen molar-refractivity contribution in [3.05, 3.63) is 164 Å². The van der Waals surface area contributed by atoms with Crippen LogP contribution in [-0.2, 0) is 0 Å². The molecule has 0 unspecified atom stereocenters. The highest BCUT2D eigenvalue weighted by Crippen LogP contribution is 2.36. The van der Waals surface area contributed by atoms with Crippen LogP contribution in [0.15, 0.2) is 164 Å². The molecule has 0 aliphatic heterocycles. The Kier molecular flexibility index (Phi) is 5.50. The van der Waals surface area contributed by atoms with E-state index >= 15 is 0 Å². The predicted molar refractivity (Wildman–Crippen MR) is 184 cm³/mol. The Morgan fingerprint density at radius 3 is 1.39 bits per heavy atom. The van der Waals surface area contributed by atoms with E-state index < -0.39 is 0 Å². The lowest BCUT2D eigenvalue weighted by Crippen LogP contribution is -2.00. The van der Waals surface area contributed by atoms with Crippen LogP contribution >= 0.6 is 0 Å².